The topological polar surface area (TPSA) is 61.8 Å². The molecular weight excluding hydrogens is 332 g/mol. The van der Waals surface area contributed by atoms with Gasteiger partial charge < -0.3 is 19.0 Å². The lowest BCUT2D eigenvalue weighted by atomic mass is 9.57. The first-order chi connectivity index (χ1) is 12.5. The van der Waals surface area contributed by atoms with Crippen molar-refractivity contribution in [3.63, 3.8) is 0 Å². The molecule has 0 radical (unpaired) electrons. The fourth-order valence-electron chi connectivity index (χ4n) is 5.66. The Bertz CT molecular complexity index is 670. The highest BCUT2D eigenvalue weighted by atomic mass is 16.7. The highest BCUT2D eigenvalue weighted by molar-refractivity contribution is 5.78. The standard InChI is InChI=1S/C21H28O5/c1-20(19(23)24-2)8-5-16-15-6-9-21(25-11-12-26-21)13-14(15)3-4-17(16)18(20)7-10-22/h5,10,17-18H,3-4,6-9,11-13H2,1-2H3/t17?,18-,20-/m0/s1. The fourth-order valence-corrected chi connectivity index (χ4v) is 5.66. The van der Waals surface area contributed by atoms with Gasteiger partial charge >= 0.3 is 5.97 Å². The van der Waals surface area contributed by atoms with Gasteiger partial charge in [-0.1, -0.05) is 11.6 Å². The van der Waals surface area contributed by atoms with Crippen LogP contribution in [0, 0.1) is 17.3 Å². The predicted octanol–water partition coefficient (Wildman–Crippen LogP) is 3.33. The van der Waals surface area contributed by atoms with Gasteiger partial charge in [0, 0.05) is 19.3 Å². The zero-order valence-electron chi connectivity index (χ0n) is 15.7. The predicted molar refractivity (Wildman–Crippen MR) is 95.2 cm³/mol. The zero-order chi connectivity index (χ0) is 18.4. The van der Waals surface area contributed by atoms with Crippen molar-refractivity contribution in [1.82, 2.24) is 0 Å². The minimum Gasteiger partial charge on any atom is -0.469 e. The monoisotopic (exact) mass is 360 g/mol. The van der Waals surface area contributed by atoms with Gasteiger partial charge in [0.25, 0.3) is 0 Å². The van der Waals surface area contributed by atoms with Gasteiger partial charge in [0.2, 0.25) is 0 Å². The molecule has 1 saturated heterocycles. The summed E-state index contributed by atoms with van der Waals surface area (Å²) in [6, 6.07) is 0. The lowest BCUT2D eigenvalue weighted by Gasteiger charge is -2.48. The van der Waals surface area contributed by atoms with Crippen LogP contribution in [0.25, 0.3) is 0 Å². The van der Waals surface area contributed by atoms with Gasteiger partial charge in [0.1, 0.15) is 6.29 Å². The van der Waals surface area contributed by atoms with E-state index in [2.05, 4.69) is 6.08 Å². The largest absolute Gasteiger partial charge is 0.469 e. The number of carbonyl (C=O) groups is 2. The first-order valence-corrected chi connectivity index (χ1v) is 9.74. The molecule has 5 heteroatoms. The Morgan fingerprint density at radius 1 is 1.35 bits per heavy atom. The van der Waals surface area contributed by atoms with E-state index in [1.807, 2.05) is 6.92 Å². The zero-order valence-corrected chi connectivity index (χ0v) is 15.7. The molecule has 3 atom stereocenters. The van der Waals surface area contributed by atoms with Crippen molar-refractivity contribution < 1.29 is 23.8 Å². The number of hydrogen-bond acceptors (Lipinski definition) is 5. The molecule has 1 heterocycles. The van der Waals surface area contributed by atoms with Crippen molar-refractivity contribution >= 4 is 12.3 Å². The third-order valence-electron chi connectivity index (χ3n) is 7.04. The Labute approximate surface area is 154 Å². The number of rotatable bonds is 3. The normalized spacial score (nSPS) is 35.5. The summed E-state index contributed by atoms with van der Waals surface area (Å²) in [5, 5.41) is 0. The Kier molecular flexibility index (Phi) is 4.56. The molecule has 26 heavy (non-hydrogen) atoms. The van der Waals surface area contributed by atoms with Gasteiger partial charge in [-0.3, -0.25) is 4.79 Å². The average Bonchev–Trinajstić information content (AvgIpc) is 3.10. The average molecular weight is 360 g/mol. The van der Waals surface area contributed by atoms with Crippen molar-refractivity contribution in [1.29, 1.82) is 0 Å². The van der Waals surface area contributed by atoms with E-state index in [1.165, 1.54) is 23.8 Å². The Hall–Kier alpha value is -1.46. The van der Waals surface area contributed by atoms with Crippen LogP contribution in [0.2, 0.25) is 0 Å². The maximum Gasteiger partial charge on any atom is 0.312 e. The molecule has 0 bridgehead atoms. The van der Waals surface area contributed by atoms with Crippen LogP contribution in [0.4, 0.5) is 0 Å². The maximum absolute atomic E-state index is 12.5. The van der Waals surface area contributed by atoms with Crippen LogP contribution in [-0.2, 0) is 23.8 Å². The maximum atomic E-state index is 12.5. The SMILES string of the molecule is COC(=O)[C@@]1(C)CC=C2C3=C(CCC2[C@@H]1CC=O)CC1(CC3)OCCO1. The van der Waals surface area contributed by atoms with E-state index in [1.54, 1.807) is 0 Å². The van der Waals surface area contributed by atoms with E-state index >= 15 is 0 Å². The summed E-state index contributed by atoms with van der Waals surface area (Å²) in [7, 11) is 1.44. The molecule has 5 nitrogen and oxygen atoms in total. The van der Waals surface area contributed by atoms with Crippen LogP contribution in [0.15, 0.2) is 22.8 Å². The Morgan fingerprint density at radius 3 is 2.81 bits per heavy atom. The van der Waals surface area contributed by atoms with Gasteiger partial charge in [0.15, 0.2) is 5.79 Å². The van der Waals surface area contributed by atoms with E-state index in [0.717, 1.165) is 38.4 Å². The highest BCUT2D eigenvalue weighted by Gasteiger charge is 2.51. The fraction of sp³-hybridized carbons (Fsp3) is 0.714. The Balaban J connectivity index is 1.67. The minimum absolute atomic E-state index is 0.0105. The number of methoxy groups -OCH3 is 1. The summed E-state index contributed by atoms with van der Waals surface area (Å²) in [6.07, 6.45) is 8.94. The van der Waals surface area contributed by atoms with E-state index in [-0.39, 0.29) is 17.8 Å². The van der Waals surface area contributed by atoms with Gasteiger partial charge in [-0.05, 0) is 55.6 Å². The molecular formula is C21H28O5. The minimum atomic E-state index is -0.616. The number of aldehydes is 1. The lowest BCUT2D eigenvalue weighted by molar-refractivity contribution is -0.164. The Morgan fingerprint density at radius 2 is 2.12 bits per heavy atom. The van der Waals surface area contributed by atoms with Gasteiger partial charge in [0.05, 0.1) is 25.7 Å². The molecule has 142 valence electrons. The van der Waals surface area contributed by atoms with Gasteiger partial charge in [-0.25, -0.2) is 0 Å². The number of esters is 1. The summed E-state index contributed by atoms with van der Waals surface area (Å²) in [6.45, 7) is 3.33. The first-order valence-electron chi connectivity index (χ1n) is 9.74. The molecule has 0 amide bonds. The number of carbonyl (C=O) groups excluding carboxylic acids is 2. The van der Waals surface area contributed by atoms with Crippen molar-refractivity contribution in [2.75, 3.05) is 20.3 Å². The highest BCUT2D eigenvalue weighted by Crippen LogP contribution is 2.55. The summed E-state index contributed by atoms with van der Waals surface area (Å²) in [5.74, 6) is -0.328. The molecule has 1 spiro atoms. The molecule has 1 fully saturated rings. The molecule has 0 aromatic rings. The molecule has 4 aliphatic rings. The number of hydrogen-bond donors (Lipinski definition) is 0. The number of fused-ring (bicyclic) bond motifs is 2. The van der Waals surface area contributed by atoms with E-state index < -0.39 is 11.2 Å². The van der Waals surface area contributed by atoms with Crippen molar-refractivity contribution in [2.24, 2.45) is 17.3 Å². The molecule has 0 aromatic heterocycles. The van der Waals surface area contributed by atoms with Crippen LogP contribution in [0.5, 0.6) is 0 Å². The number of allylic oxidation sites excluding steroid dienone is 3. The smallest absolute Gasteiger partial charge is 0.312 e. The lowest BCUT2D eigenvalue weighted by Crippen LogP contribution is -2.45. The quantitative estimate of drug-likeness (QED) is 0.571. The summed E-state index contributed by atoms with van der Waals surface area (Å²) < 4.78 is 16.9. The molecule has 3 aliphatic carbocycles. The second-order valence-corrected chi connectivity index (χ2v) is 8.29. The molecule has 1 unspecified atom stereocenters. The van der Waals surface area contributed by atoms with Crippen LogP contribution in [-0.4, -0.2) is 38.4 Å². The van der Waals surface area contributed by atoms with Crippen molar-refractivity contribution in [3.05, 3.63) is 22.8 Å². The van der Waals surface area contributed by atoms with Gasteiger partial charge in [-0.15, -0.1) is 0 Å². The molecule has 0 saturated carbocycles. The molecule has 0 N–H and O–H groups in total. The van der Waals surface area contributed by atoms with Crippen LogP contribution < -0.4 is 0 Å². The summed E-state index contributed by atoms with van der Waals surface area (Å²) in [5.41, 5.74) is 3.64. The van der Waals surface area contributed by atoms with E-state index in [0.29, 0.717) is 26.1 Å². The third kappa shape index (κ3) is 2.67. The first kappa shape index (κ1) is 17.9. The van der Waals surface area contributed by atoms with E-state index in [9.17, 15) is 9.59 Å². The third-order valence-corrected chi connectivity index (χ3v) is 7.04. The van der Waals surface area contributed by atoms with Crippen LogP contribution in [0.3, 0.4) is 0 Å². The van der Waals surface area contributed by atoms with E-state index in [4.69, 9.17) is 14.2 Å². The molecule has 4 rings (SSSR count). The number of ether oxygens (including phenoxy) is 3. The van der Waals surface area contributed by atoms with Crippen molar-refractivity contribution in [2.45, 2.75) is 57.7 Å². The molecule has 0 aromatic carbocycles. The molecule has 1 aliphatic heterocycles. The second-order valence-electron chi connectivity index (χ2n) is 8.29. The van der Waals surface area contributed by atoms with Gasteiger partial charge in [-0.2, -0.15) is 0 Å². The van der Waals surface area contributed by atoms with Crippen molar-refractivity contribution in [3.8, 4) is 0 Å². The summed E-state index contributed by atoms with van der Waals surface area (Å²) >= 11 is 0. The summed E-state index contributed by atoms with van der Waals surface area (Å²) in [4.78, 5) is 23.9. The van der Waals surface area contributed by atoms with Crippen LogP contribution >= 0.6 is 0 Å². The van der Waals surface area contributed by atoms with Crippen LogP contribution in [0.1, 0.15) is 51.9 Å². The second kappa shape index (κ2) is 6.61.